The Kier molecular flexibility index (Phi) is 4.55. The molecule has 1 amide bonds. The van der Waals surface area contributed by atoms with Crippen LogP contribution in [0.4, 0.5) is 4.79 Å². The number of aromatic nitrogens is 1. The van der Waals surface area contributed by atoms with E-state index in [4.69, 9.17) is 4.74 Å². The highest BCUT2D eigenvalue weighted by molar-refractivity contribution is 5.68. The number of hydrogen-bond acceptors (Lipinski definition) is 3. The number of aryl methyl sites for hydroxylation is 2. The highest BCUT2D eigenvalue weighted by atomic mass is 16.6. The molecule has 0 bridgehead atoms. The normalized spacial score (nSPS) is 18.9. The van der Waals surface area contributed by atoms with Crippen LogP contribution in [0.25, 0.3) is 0 Å². The van der Waals surface area contributed by atoms with E-state index in [-0.39, 0.29) is 6.09 Å². The van der Waals surface area contributed by atoms with Gasteiger partial charge >= 0.3 is 6.09 Å². The Labute approximate surface area is 127 Å². The second-order valence-electron chi connectivity index (χ2n) is 7.03. The lowest BCUT2D eigenvalue weighted by Crippen LogP contribution is -2.35. The van der Waals surface area contributed by atoms with Gasteiger partial charge in [-0.1, -0.05) is 6.07 Å². The zero-order chi connectivity index (χ0) is 15.6. The van der Waals surface area contributed by atoms with E-state index in [0.29, 0.717) is 5.92 Å². The summed E-state index contributed by atoms with van der Waals surface area (Å²) in [6.07, 6.45) is 3.78. The van der Waals surface area contributed by atoms with Crippen molar-refractivity contribution < 1.29 is 9.53 Å². The van der Waals surface area contributed by atoms with Gasteiger partial charge in [0.15, 0.2) is 0 Å². The van der Waals surface area contributed by atoms with Crippen LogP contribution in [0.2, 0.25) is 0 Å². The number of nitrogens with zero attached hydrogens (tertiary/aromatic N) is 2. The number of pyridine rings is 1. The van der Waals surface area contributed by atoms with Crippen molar-refractivity contribution in [3.8, 4) is 0 Å². The average Bonchev–Trinajstić information content (AvgIpc) is 2.80. The molecule has 1 aromatic rings. The van der Waals surface area contributed by atoms with Gasteiger partial charge in [-0.15, -0.1) is 0 Å². The minimum absolute atomic E-state index is 0.191. The van der Waals surface area contributed by atoms with Crippen LogP contribution in [-0.2, 0) is 11.2 Å². The summed E-state index contributed by atoms with van der Waals surface area (Å²) in [6.45, 7) is 11.4. The van der Waals surface area contributed by atoms with E-state index in [1.165, 1.54) is 11.1 Å². The summed E-state index contributed by atoms with van der Waals surface area (Å²) < 4.78 is 5.43. The number of hydrogen-bond donors (Lipinski definition) is 0. The van der Waals surface area contributed by atoms with Gasteiger partial charge in [0, 0.05) is 25.0 Å². The van der Waals surface area contributed by atoms with Crippen molar-refractivity contribution in [2.24, 2.45) is 5.92 Å². The van der Waals surface area contributed by atoms with Crippen molar-refractivity contribution in [2.75, 3.05) is 13.1 Å². The van der Waals surface area contributed by atoms with E-state index in [1.54, 1.807) is 0 Å². The highest BCUT2D eigenvalue weighted by Gasteiger charge is 2.29. The van der Waals surface area contributed by atoms with E-state index in [9.17, 15) is 4.79 Å². The Bertz CT molecular complexity index is 520. The predicted octanol–water partition coefficient (Wildman–Crippen LogP) is 3.50. The van der Waals surface area contributed by atoms with E-state index < -0.39 is 5.60 Å². The molecule has 2 rings (SSSR count). The molecule has 0 aliphatic carbocycles. The third kappa shape index (κ3) is 4.45. The Morgan fingerprint density at radius 3 is 2.76 bits per heavy atom. The van der Waals surface area contributed by atoms with Crippen LogP contribution in [0, 0.1) is 19.8 Å². The largest absolute Gasteiger partial charge is 0.444 e. The SMILES string of the molecule is Cc1cc(CC2CCN(C(=O)OC(C)(C)C)C2)cnc1C. The first-order chi connectivity index (χ1) is 9.74. The monoisotopic (exact) mass is 290 g/mol. The van der Waals surface area contributed by atoms with E-state index in [2.05, 4.69) is 18.0 Å². The van der Waals surface area contributed by atoms with Crippen molar-refractivity contribution in [2.45, 2.75) is 53.1 Å². The van der Waals surface area contributed by atoms with Crippen molar-refractivity contribution >= 4 is 6.09 Å². The van der Waals surface area contributed by atoms with Crippen LogP contribution in [0.1, 0.15) is 44.0 Å². The smallest absolute Gasteiger partial charge is 0.410 e. The number of likely N-dealkylation sites (tertiary alicyclic amines) is 1. The van der Waals surface area contributed by atoms with Crippen LogP contribution in [0.3, 0.4) is 0 Å². The molecule has 116 valence electrons. The Morgan fingerprint density at radius 1 is 1.43 bits per heavy atom. The van der Waals surface area contributed by atoms with Crippen molar-refractivity contribution in [1.82, 2.24) is 9.88 Å². The number of rotatable bonds is 2. The summed E-state index contributed by atoms with van der Waals surface area (Å²) in [5, 5.41) is 0. The second kappa shape index (κ2) is 6.04. The fraction of sp³-hybridized carbons (Fsp3) is 0.647. The van der Waals surface area contributed by atoms with Gasteiger partial charge in [-0.05, 0) is 64.5 Å². The molecule has 0 aromatic carbocycles. The lowest BCUT2D eigenvalue weighted by atomic mass is 9.99. The van der Waals surface area contributed by atoms with Crippen molar-refractivity contribution in [3.05, 3.63) is 29.1 Å². The molecule has 1 aliphatic rings. The number of amides is 1. The first-order valence-corrected chi connectivity index (χ1v) is 7.64. The van der Waals surface area contributed by atoms with Gasteiger partial charge in [-0.3, -0.25) is 4.98 Å². The van der Waals surface area contributed by atoms with Gasteiger partial charge in [0.2, 0.25) is 0 Å². The van der Waals surface area contributed by atoms with Crippen LogP contribution in [0.5, 0.6) is 0 Å². The summed E-state index contributed by atoms with van der Waals surface area (Å²) in [5.74, 6) is 0.501. The second-order valence-corrected chi connectivity index (χ2v) is 7.03. The summed E-state index contributed by atoms with van der Waals surface area (Å²) in [4.78, 5) is 18.3. The maximum Gasteiger partial charge on any atom is 0.410 e. The number of carbonyl (C=O) groups excluding carboxylic acids is 1. The van der Waals surface area contributed by atoms with Gasteiger partial charge in [-0.2, -0.15) is 0 Å². The van der Waals surface area contributed by atoms with Crippen LogP contribution in [0.15, 0.2) is 12.3 Å². The first-order valence-electron chi connectivity index (χ1n) is 7.64. The summed E-state index contributed by atoms with van der Waals surface area (Å²) in [6, 6.07) is 2.21. The molecule has 0 N–H and O–H groups in total. The molecule has 1 aromatic heterocycles. The summed E-state index contributed by atoms with van der Waals surface area (Å²) >= 11 is 0. The zero-order valence-electron chi connectivity index (χ0n) is 13.8. The number of carbonyl (C=O) groups is 1. The first kappa shape index (κ1) is 15.8. The van der Waals surface area contributed by atoms with Gasteiger partial charge in [0.1, 0.15) is 5.60 Å². The number of ether oxygens (including phenoxy) is 1. The van der Waals surface area contributed by atoms with Crippen LogP contribution < -0.4 is 0 Å². The van der Waals surface area contributed by atoms with Crippen LogP contribution >= 0.6 is 0 Å². The molecule has 4 nitrogen and oxygen atoms in total. The third-order valence-corrected chi connectivity index (χ3v) is 3.86. The Hall–Kier alpha value is -1.58. The molecule has 0 saturated carbocycles. The van der Waals surface area contributed by atoms with Gasteiger partial charge in [0.05, 0.1) is 0 Å². The molecule has 1 unspecified atom stereocenters. The molecule has 1 atom stereocenters. The standard InChI is InChI=1S/C17H26N2O2/c1-12-8-15(10-18-13(12)2)9-14-6-7-19(11-14)16(20)21-17(3,4)5/h8,10,14H,6-7,9,11H2,1-5H3. The molecule has 21 heavy (non-hydrogen) atoms. The predicted molar refractivity (Wildman–Crippen MR) is 83.3 cm³/mol. The molecule has 1 aliphatic heterocycles. The summed E-state index contributed by atoms with van der Waals surface area (Å²) in [7, 11) is 0. The third-order valence-electron chi connectivity index (χ3n) is 3.86. The topological polar surface area (TPSA) is 42.4 Å². The Morgan fingerprint density at radius 2 is 2.14 bits per heavy atom. The van der Waals surface area contributed by atoms with Crippen molar-refractivity contribution in [3.63, 3.8) is 0 Å². The average molecular weight is 290 g/mol. The molecule has 4 heteroatoms. The minimum Gasteiger partial charge on any atom is -0.444 e. The maximum atomic E-state index is 12.0. The Balaban J connectivity index is 1.90. The fourth-order valence-corrected chi connectivity index (χ4v) is 2.64. The summed E-state index contributed by atoms with van der Waals surface area (Å²) in [5.41, 5.74) is 3.15. The molecule has 0 spiro atoms. The van der Waals surface area contributed by atoms with Gasteiger partial charge < -0.3 is 9.64 Å². The van der Waals surface area contributed by atoms with E-state index in [1.807, 2.05) is 38.8 Å². The molecule has 0 radical (unpaired) electrons. The lowest BCUT2D eigenvalue weighted by molar-refractivity contribution is 0.0288. The van der Waals surface area contributed by atoms with Gasteiger partial charge in [0.25, 0.3) is 0 Å². The molecule has 1 fully saturated rings. The fourth-order valence-electron chi connectivity index (χ4n) is 2.64. The van der Waals surface area contributed by atoms with E-state index in [0.717, 1.165) is 31.6 Å². The highest BCUT2D eigenvalue weighted by Crippen LogP contribution is 2.23. The minimum atomic E-state index is -0.423. The molecular formula is C17H26N2O2. The molecule has 2 heterocycles. The van der Waals surface area contributed by atoms with Gasteiger partial charge in [-0.25, -0.2) is 4.79 Å². The maximum absolute atomic E-state index is 12.0. The molecular weight excluding hydrogens is 264 g/mol. The van der Waals surface area contributed by atoms with Crippen LogP contribution in [-0.4, -0.2) is 34.7 Å². The quantitative estimate of drug-likeness (QED) is 0.837. The van der Waals surface area contributed by atoms with Crippen molar-refractivity contribution in [1.29, 1.82) is 0 Å². The zero-order valence-corrected chi connectivity index (χ0v) is 13.8. The molecule has 1 saturated heterocycles. The van der Waals surface area contributed by atoms with E-state index >= 15 is 0 Å². The lowest BCUT2D eigenvalue weighted by Gasteiger charge is -2.24.